The number of carbonyl (C=O) groups is 1. The van der Waals surface area contributed by atoms with Gasteiger partial charge in [0.1, 0.15) is 0 Å². The Balaban J connectivity index is 2.73. The van der Waals surface area contributed by atoms with Crippen LogP contribution < -0.4 is 0 Å². The first-order valence-electron chi connectivity index (χ1n) is 6.69. The molecule has 0 fully saturated rings. The molecule has 1 aromatic rings. The van der Waals surface area contributed by atoms with Gasteiger partial charge >= 0.3 is 0 Å². The predicted octanol–water partition coefficient (Wildman–Crippen LogP) is 3.91. The van der Waals surface area contributed by atoms with Gasteiger partial charge in [0.2, 0.25) is 5.91 Å². The molecule has 1 rings (SSSR count). The Hall–Kier alpha value is -1.57. The minimum atomic E-state index is 0.0555. The van der Waals surface area contributed by atoms with Crippen LogP contribution in [0.3, 0.4) is 0 Å². The van der Waals surface area contributed by atoms with Crippen molar-refractivity contribution in [2.75, 3.05) is 7.05 Å². The molecule has 0 spiro atoms. The van der Waals surface area contributed by atoms with Crippen molar-refractivity contribution >= 4 is 5.91 Å². The summed E-state index contributed by atoms with van der Waals surface area (Å²) < 4.78 is 0. The van der Waals surface area contributed by atoms with Gasteiger partial charge < -0.3 is 4.90 Å². The molecule has 0 aliphatic rings. The average Bonchev–Trinajstić information content (AvgIpc) is 2.27. The van der Waals surface area contributed by atoms with Gasteiger partial charge in [0.05, 0.1) is 0 Å². The molecule has 0 unspecified atom stereocenters. The largest absolute Gasteiger partial charge is 0.338 e. The van der Waals surface area contributed by atoms with Gasteiger partial charge in [0, 0.05) is 19.7 Å². The number of rotatable bonds is 3. The Bertz CT molecular complexity index is 459. The van der Waals surface area contributed by atoms with Crippen molar-refractivity contribution in [1.29, 1.82) is 0 Å². The van der Waals surface area contributed by atoms with Crippen molar-refractivity contribution in [2.24, 2.45) is 0 Å². The van der Waals surface area contributed by atoms with Crippen molar-refractivity contribution < 1.29 is 4.79 Å². The zero-order valence-electron chi connectivity index (χ0n) is 12.9. The number of carbonyl (C=O) groups excluding carboxylic acids is 1. The molecule has 0 heterocycles. The van der Waals surface area contributed by atoms with E-state index in [2.05, 4.69) is 45.0 Å². The lowest BCUT2D eigenvalue weighted by atomic mass is 9.87. The lowest BCUT2D eigenvalue weighted by Crippen LogP contribution is -2.24. The highest BCUT2D eigenvalue weighted by Gasteiger charge is 2.13. The summed E-state index contributed by atoms with van der Waals surface area (Å²) >= 11 is 0. The predicted molar refractivity (Wildman–Crippen MR) is 81.0 cm³/mol. The third-order valence-electron chi connectivity index (χ3n) is 3.03. The van der Waals surface area contributed by atoms with Gasteiger partial charge in [-0.25, -0.2) is 0 Å². The first-order chi connectivity index (χ1) is 8.70. The van der Waals surface area contributed by atoms with Crippen LogP contribution in [0.2, 0.25) is 0 Å². The highest BCUT2D eigenvalue weighted by molar-refractivity contribution is 5.87. The second kappa shape index (κ2) is 6.05. The van der Waals surface area contributed by atoms with E-state index in [4.69, 9.17) is 0 Å². The van der Waals surface area contributed by atoms with Crippen molar-refractivity contribution in [2.45, 2.75) is 46.6 Å². The quantitative estimate of drug-likeness (QED) is 0.754. The number of hydrogen-bond donors (Lipinski definition) is 0. The first-order valence-corrected chi connectivity index (χ1v) is 6.69. The summed E-state index contributed by atoms with van der Waals surface area (Å²) in [5, 5.41) is 0. The molecule has 0 aliphatic heterocycles. The summed E-state index contributed by atoms with van der Waals surface area (Å²) in [4.78, 5) is 13.6. The van der Waals surface area contributed by atoms with Gasteiger partial charge in [-0.3, -0.25) is 4.79 Å². The van der Waals surface area contributed by atoms with E-state index >= 15 is 0 Å². The van der Waals surface area contributed by atoms with Crippen LogP contribution in [0.4, 0.5) is 0 Å². The molecule has 0 aliphatic carbocycles. The Labute approximate surface area is 117 Å². The minimum Gasteiger partial charge on any atom is -0.338 e. The van der Waals surface area contributed by atoms with Crippen LogP contribution in [0.25, 0.3) is 0 Å². The molecule has 0 N–H and O–H groups in total. The summed E-state index contributed by atoms with van der Waals surface area (Å²) in [7, 11) is 1.83. The van der Waals surface area contributed by atoms with Crippen LogP contribution in [0.15, 0.2) is 35.9 Å². The molecule has 0 atom stereocenters. The summed E-state index contributed by atoms with van der Waals surface area (Å²) in [5.41, 5.74) is 3.67. The van der Waals surface area contributed by atoms with Gasteiger partial charge in [-0.15, -0.1) is 0 Å². The molecule has 0 bridgehead atoms. The van der Waals surface area contributed by atoms with E-state index in [0.29, 0.717) is 6.54 Å². The molecular formula is C17H25NO. The molecule has 104 valence electrons. The van der Waals surface area contributed by atoms with Gasteiger partial charge in [0.15, 0.2) is 0 Å². The standard InChI is InChI=1S/C17H25NO/c1-13(2)11-16(19)18(6)12-14-7-9-15(10-8-14)17(3,4)5/h7-11H,12H2,1-6H3. The Morgan fingerprint density at radius 3 is 2.11 bits per heavy atom. The first kappa shape index (κ1) is 15.5. The second-order valence-corrected chi connectivity index (χ2v) is 6.36. The van der Waals surface area contributed by atoms with E-state index in [1.165, 1.54) is 5.56 Å². The van der Waals surface area contributed by atoms with Crippen molar-refractivity contribution in [3.63, 3.8) is 0 Å². The van der Waals surface area contributed by atoms with Crippen molar-refractivity contribution in [3.8, 4) is 0 Å². The summed E-state index contributed by atoms with van der Waals surface area (Å²) in [5.74, 6) is 0.0555. The van der Waals surface area contributed by atoms with Crippen LogP contribution in [-0.2, 0) is 16.8 Å². The average molecular weight is 259 g/mol. The molecular weight excluding hydrogens is 234 g/mol. The van der Waals surface area contributed by atoms with Crippen LogP contribution in [-0.4, -0.2) is 17.9 Å². The zero-order chi connectivity index (χ0) is 14.6. The van der Waals surface area contributed by atoms with Crippen molar-refractivity contribution in [3.05, 3.63) is 47.0 Å². The highest BCUT2D eigenvalue weighted by atomic mass is 16.2. The van der Waals surface area contributed by atoms with E-state index in [0.717, 1.165) is 11.1 Å². The Morgan fingerprint density at radius 2 is 1.68 bits per heavy atom. The normalized spacial score (nSPS) is 11.1. The molecule has 2 nitrogen and oxygen atoms in total. The lowest BCUT2D eigenvalue weighted by Gasteiger charge is -2.20. The maximum absolute atomic E-state index is 11.8. The molecule has 19 heavy (non-hydrogen) atoms. The van der Waals surface area contributed by atoms with Gasteiger partial charge in [-0.1, -0.05) is 50.6 Å². The molecule has 0 saturated carbocycles. The zero-order valence-corrected chi connectivity index (χ0v) is 12.9. The monoisotopic (exact) mass is 259 g/mol. The third-order valence-corrected chi connectivity index (χ3v) is 3.03. The van der Waals surface area contributed by atoms with Crippen LogP contribution in [0, 0.1) is 0 Å². The van der Waals surface area contributed by atoms with Crippen molar-refractivity contribution in [1.82, 2.24) is 4.90 Å². The fraction of sp³-hybridized carbons (Fsp3) is 0.471. The van der Waals surface area contributed by atoms with Gasteiger partial charge in [0.25, 0.3) is 0 Å². The number of allylic oxidation sites excluding steroid dienone is 1. The van der Waals surface area contributed by atoms with Gasteiger partial charge in [-0.05, 0) is 30.4 Å². The third kappa shape index (κ3) is 4.90. The second-order valence-electron chi connectivity index (χ2n) is 6.36. The Kier molecular flexibility index (Phi) is 4.93. The molecule has 0 radical (unpaired) electrons. The fourth-order valence-corrected chi connectivity index (χ4v) is 1.82. The topological polar surface area (TPSA) is 20.3 Å². The number of likely N-dealkylation sites (N-methyl/N-ethyl adjacent to an activating group) is 1. The molecule has 0 saturated heterocycles. The fourth-order valence-electron chi connectivity index (χ4n) is 1.82. The highest BCUT2D eigenvalue weighted by Crippen LogP contribution is 2.22. The number of nitrogens with zero attached hydrogens (tertiary/aromatic N) is 1. The summed E-state index contributed by atoms with van der Waals surface area (Å²) in [6.07, 6.45) is 1.67. The maximum Gasteiger partial charge on any atom is 0.246 e. The van der Waals surface area contributed by atoms with Crippen LogP contribution in [0.5, 0.6) is 0 Å². The maximum atomic E-state index is 11.8. The van der Waals surface area contributed by atoms with E-state index in [1.807, 2.05) is 20.9 Å². The van der Waals surface area contributed by atoms with E-state index < -0.39 is 0 Å². The molecule has 0 aromatic heterocycles. The smallest absolute Gasteiger partial charge is 0.246 e. The molecule has 2 heteroatoms. The Morgan fingerprint density at radius 1 is 1.16 bits per heavy atom. The van der Waals surface area contributed by atoms with E-state index in [9.17, 15) is 4.79 Å². The lowest BCUT2D eigenvalue weighted by molar-refractivity contribution is -0.125. The summed E-state index contributed by atoms with van der Waals surface area (Å²) in [6.45, 7) is 11.1. The summed E-state index contributed by atoms with van der Waals surface area (Å²) in [6, 6.07) is 8.50. The number of benzene rings is 1. The van der Waals surface area contributed by atoms with E-state index in [-0.39, 0.29) is 11.3 Å². The van der Waals surface area contributed by atoms with Crippen LogP contribution >= 0.6 is 0 Å². The number of hydrogen-bond acceptors (Lipinski definition) is 1. The molecule has 1 amide bonds. The number of amides is 1. The minimum absolute atomic E-state index is 0.0555. The van der Waals surface area contributed by atoms with Gasteiger partial charge in [-0.2, -0.15) is 0 Å². The SMILES string of the molecule is CC(C)=CC(=O)N(C)Cc1ccc(C(C)(C)C)cc1. The van der Waals surface area contributed by atoms with Crippen LogP contribution in [0.1, 0.15) is 45.7 Å². The van der Waals surface area contributed by atoms with E-state index in [1.54, 1.807) is 11.0 Å². The molecule has 1 aromatic carbocycles.